The summed E-state index contributed by atoms with van der Waals surface area (Å²) in [6.45, 7) is 6.30. The summed E-state index contributed by atoms with van der Waals surface area (Å²) in [5.41, 5.74) is 0. The van der Waals surface area contributed by atoms with Crippen LogP contribution in [0.4, 0.5) is 4.39 Å². The van der Waals surface area contributed by atoms with Gasteiger partial charge in [0.25, 0.3) is 0 Å². The highest BCUT2D eigenvalue weighted by molar-refractivity contribution is 9.10. The van der Waals surface area contributed by atoms with E-state index >= 15 is 0 Å². The molecular weight excluding hydrogens is 345 g/mol. The van der Waals surface area contributed by atoms with Crippen LogP contribution in [0.15, 0.2) is 27.6 Å². The maximum atomic E-state index is 13.6. The molecule has 20 heavy (non-hydrogen) atoms. The number of hydrogen-bond acceptors (Lipinski definition) is 2. The van der Waals surface area contributed by atoms with Crippen molar-refractivity contribution in [3.8, 4) is 0 Å². The van der Waals surface area contributed by atoms with Crippen molar-refractivity contribution in [1.29, 1.82) is 0 Å². The molecule has 1 unspecified atom stereocenters. The summed E-state index contributed by atoms with van der Waals surface area (Å²) in [5, 5.41) is 0. The van der Waals surface area contributed by atoms with Crippen LogP contribution in [0.1, 0.15) is 40.0 Å². The first-order chi connectivity index (χ1) is 9.34. The molecule has 0 fully saturated rings. The lowest BCUT2D eigenvalue weighted by molar-refractivity contribution is 0.324. The van der Waals surface area contributed by atoms with Gasteiger partial charge >= 0.3 is 0 Å². The maximum Gasteiger partial charge on any atom is 0.243 e. The summed E-state index contributed by atoms with van der Waals surface area (Å²) in [7, 11) is -3.65. The number of nitrogens with zero attached hydrogens (tertiary/aromatic N) is 1. The zero-order chi connectivity index (χ0) is 15.3. The Hall–Kier alpha value is -0.460. The molecule has 0 aliphatic rings. The van der Waals surface area contributed by atoms with Gasteiger partial charge in [0.05, 0.1) is 9.37 Å². The van der Waals surface area contributed by atoms with Gasteiger partial charge in [-0.25, -0.2) is 12.8 Å². The first-order valence-electron chi connectivity index (χ1n) is 6.81. The Bertz CT molecular complexity index is 548. The number of benzene rings is 1. The van der Waals surface area contributed by atoms with E-state index in [0.29, 0.717) is 6.54 Å². The van der Waals surface area contributed by atoms with Crippen molar-refractivity contribution in [2.75, 3.05) is 6.54 Å². The van der Waals surface area contributed by atoms with Crippen LogP contribution in [0, 0.1) is 5.82 Å². The van der Waals surface area contributed by atoms with Gasteiger partial charge in [-0.3, -0.25) is 0 Å². The van der Waals surface area contributed by atoms with Gasteiger partial charge in [0.1, 0.15) is 5.82 Å². The molecule has 0 radical (unpaired) electrons. The molecule has 0 aliphatic carbocycles. The van der Waals surface area contributed by atoms with Crippen LogP contribution in [0.5, 0.6) is 0 Å². The molecule has 114 valence electrons. The fourth-order valence-corrected chi connectivity index (χ4v) is 3.87. The van der Waals surface area contributed by atoms with Crippen molar-refractivity contribution < 1.29 is 12.8 Å². The third-order valence-electron chi connectivity index (χ3n) is 3.31. The van der Waals surface area contributed by atoms with E-state index in [2.05, 4.69) is 15.9 Å². The average molecular weight is 366 g/mol. The first kappa shape index (κ1) is 17.6. The van der Waals surface area contributed by atoms with Crippen LogP contribution in [-0.2, 0) is 10.0 Å². The van der Waals surface area contributed by atoms with E-state index in [-0.39, 0.29) is 15.4 Å². The highest BCUT2D eigenvalue weighted by Crippen LogP contribution is 2.24. The summed E-state index contributed by atoms with van der Waals surface area (Å²) in [6.07, 6.45) is 2.43. The summed E-state index contributed by atoms with van der Waals surface area (Å²) in [4.78, 5) is 0.00889. The van der Waals surface area contributed by atoms with Crippen molar-refractivity contribution in [2.24, 2.45) is 0 Å². The largest absolute Gasteiger partial charge is 0.243 e. The van der Waals surface area contributed by atoms with E-state index in [4.69, 9.17) is 0 Å². The quantitative estimate of drug-likeness (QED) is 0.726. The van der Waals surface area contributed by atoms with E-state index in [0.717, 1.165) is 25.3 Å². The van der Waals surface area contributed by atoms with Crippen LogP contribution in [0.3, 0.4) is 0 Å². The average Bonchev–Trinajstić information content (AvgIpc) is 2.41. The second-order valence-corrected chi connectivity index (χ2v) is 7.55. The fraction of sp³-hybridized carbons (Fsp3) is 0.571. The monoisotopic (exact) mass is 365 g/mol. The normalized spacial score (nSPS) is 13.7. The zero-order valence-electron chi connectivity index (χ0n) is 12.1. The van der Waals surface area contributed by atoms with Crippen molar-refractivity contribution in [1.82, 2.24) is 4.31 Å². The zero-order valence-corrected chi connectivity index (χ0v) is 14.5. The molecule has 6 heteroatoms. The molecule has 0 amide bonds. The summed E-state index contributed by atoms with van der Waals surface area (Å²) >= 11 is 3.03. The van der Waals surface area contributed by atoms with Crippen molar-refractivity contribution in [3.05, 3.63) is 28.5 Å². The Balaban J connectivity index is 3.17. The van der Waals surface area contributed by atoms with Crippen LogP contribution in [0.2, 0.25) is 0 Å². The lowest BCUT2D eigenvalue weighted by Gasteiger charge is -2.27. The van der Waals surface area contributed by atoms with E-state index in [1.165, 1.54) is 16.4 Å². The number of sulfonamides is 1. The molecule has 0 aliphatic heterocycles. The number of halogens is 2. The van der Waals surface area contributed by atoms with Crippen molar-refractivity contribution >= 4 is 26.0 Å². The highest BCUT2D eigenvalue weighted by atomic mass is 79.9. The van der Waals surface area contributed by atoms with Gasteiger partial charge in [-0.1, -0.05) is 20.3 Å². The third-order valence-corrected chi connectivity index (χ3v) is 5.96. The van der Waals surface area contributed by atoms with Crippen molar-refractivity contribution in [2.45, 2.75) is 51.0 Å². The number of hydrogen-bond donors (Lipinski definition) is 0. The molecule has 0 heterocycles. The van der Waals surface area contributed by atoms with Crippen molar-refractivity contribution in [3.63, 3.8) is 0 Å². The molecule has 0 saturated carbocycles. The Labute approximate surface area is 129 Å². The summed E-state index contributed by atoms with van der Waals surface area (Å²) in [5.74, 6) is -0.564. The highest BCUT2D eigenvalue weighted by Gasteiger charge is 2.28. The second-order valence-electron chi connectivity index (χ2n) is 4.80. The topological polar surface area (TPSA) is 37.4 Å². The SMILES string of the molecule is CCCCN(C(C)CC)S(=O)(=O)c1ccc(Br)c(F)c1. The standard InChI is InChI=1S/C14H21BrFNO2S/c1-4-6-9-17(11(3)5-2)20(18,19)12-7-8-13(15)14(16)10-12/h7-8,10-11H,4-6,9H2,1-3H3. The van der Waals surface area contributed by atoms with Gasteiger partial charge in [-0.2, -0.15) is 4.31 Å². The third kappa shape index (κ3) is 4.02. The second kappa shape index (κ2) is 7.52. The number of rotatable bonds is 7. The van der Waals surface area contributed by atoms with Gasteiger partial charge in [-0.15, -0.1) is 0 Å². The predicted molar refractivity (Wildman–Crippen MR) is 82.7 cm³/mol. The Morgan fingerprint density at radius 3 is 2.50 bits per heavy atom. The number of unbranched alkanes of at least 4 members (excludes halogenated alkanes) is 1. The summed E-state index contributed by atoms with van der Waals surface area (Å²) < 4.78 is 40.6. The molecular formula is C14H21BrFNO2S. The van der Waals surface area contributed by atoms with Crippen LogP contribution >= 0.6 is 15.9 Å². The van der Waals surface area contributed by atoms with Gasteiger partial charge in [0, 0.05) is 12.6 Å². The first-order valence-corrected chi connectivity index (χ1v) is 9.04. The van der Waals surface area contributed by atoms with Crippen LogP contribution in [0.25, 0.3) is 0 Å². The Kier molecular flexibility index (Phi) is 6.61. The molecule has 1 atom stereocenters. The van der Waals surface area contributed by atoms with Gasteiger partial charge < -0.3 is 0 Å². The predicted octanol–water partition coefficient (Wildman–Crippen LogP) is 4.18. The molecule has 0 spiro atoms. The van der Waals surface area contributed by atoms with Gasteiger partial charge in [0.2, 0.25) is 10.0 Å². The van der Waals surface area contributed by atoms with E-state index in [9.17, 15) is 12.8 Å². The van der Waals surface area contributed by atoms with E-state index < -0.39 is 15.8 Å². The van der Waals surface area contributed by atoms with Crippen LogP contribution in [-0.4, -0.2) is 25.3 Å². The van der Waals surface area contributed by atoms with E-state index in [1.54, 1.807) is 0 Å². The summed E-state index contributed by atoms with van der Waals surface area (Å²) in [6, 6.07) is 3.83. The van der Waals surface area contributed by atoms with Gasteiger partial charge in [-0.05, 0) is 53.9 Å². The molecule has 0 bridgehead atoms. The molecule has 0 aromatic heterocycles. The van der Waals surface area contributed by atoms with Gasteiger partial charge in [0.15, 0.2) is 0 Å². The molecule has 0 saturated heterocycles. The fourth-order valence-electron chi connectivity index (χ4n) is 1.87. The Morgan fingerprint density at radius 2 is 2.00 bits per heavy atom. The van der Waals surface area contributed by atoms with Crippen LogP contribution < -0.4 is 0 Å². The molecule has 3 nitrogen and oxygen atoms in total. The molecule has 1 aromatic rings. The lowest BCUT2D eigenvalue weighted by atomic mass is 10.2. The van der Waals surface area contributed by atoms with E-state index in [1.807, 2.05) is 20.8 Å². The molecule has 0 N–H and O–H groups in total. The lowest BCUT2D eigenvalue weighted by Crippen LogP contribution is -2.39. The minimum absolute atomic E-state index is 0.00889. The minimum atomic E-state index is -3.65. The molecule has 1 aromatic carbocycles. The smallest absolute Gasteiger partial charge is 0.207 e. The molecule has 1 rings (SSSR count). The maximum absolute atomic E-state index is 13.6. The minimum Gasteiger partial charge on any atom is -0.207 e. The Morgan fingerprint density at radius 1 is 1.35 bits per heavy atom.